The molecule has 0 aliphatic carbocycles. The molecule has 0 heterocycles. The zero-order chi connectivity index (χ0) is 2.71. The van der Waals surface area contributed by atoms with Crippen LogP contribution in [0.1, 0.15) is 0 Å². The van der Waals surface area contributed by atoms with Gasteiger partial charge >= 0.3 is 38.5 Å². The number of hydrogen-bond acceptors (Lipinski definition) is 0. The van der Waals surface area contributed by atoms with Gasteiger partial charge in [-0.3, -0.25) is 0 Å². The van der Waals surface area contributed by atoms with E-state index < -0.39 is 0 Å². The van der Waals surface area contributed by atoms with Crippen molar-refractivity contribution in [2.75, 3.05) is 0 Å². The summed E-state index contributed by atoms with van der Waals surface area (Å²) >= 11 is 2.23. The summed E-state index contributed by atoms with van der Waals surface area (Å²) in [7, 11) is 0. The van der Waals surface area contributed by atoms with E-state index in [9.17, 15) is 0 Å². The molecule has 0 aliphatic heterocycles. The molecule has 0 aliphatic rings. The summed E-state index contributed by atoms with van der Waals surface area (Å²) in [5.41, 5.74) is 0. The van der Waals surface area contributed by atoms with E-state index in [1.807, 2.05) is 16.0 Å². The first-order valence-corrected chi connectivity index (χ1v) is 15.0. The molecule has 0 aromatic rings. The zero-order valence-electron chi connectivity index (χ0n) is 3.38. The van der Waals surface area contributed by atoms with Gasteiger partial charge in [0, 0.05) is 81.0 Å². The van der Waals surface area contributed by atoms with Gasteiger partial charge in [0.1, 0.15) is 0 Å². The van der Waals surface area contributed by atoms with E-state index in [1.54, 1.807) is 0 Å². The van der Waals surface area contributed by atoms with Crippen molar-refractivity contribution in [3.63, 3.8) is 0 Å². The molecule has 46 valence electrons. The van der Waals surface area contributed by atoms with E-state index in [-0.39, 0.29) is 97.6 Å². The fourth-order valence-electron chi connectivity index (χ4n) is 0. The quantitative estimate of drug-likeness (QED) is 0.277. The largest absolute Gasteiger partial charge is 0 e. The van der Waals surface area contributed by atoms with Gasteiger partial charge in [-0.2, -0.15) is 0 Å². The van der Waals surface area contributed by atoms with Crippen LogP contribution in [-0.2, 0) is 114 Å². The van der Waals surface area contributed by atoms with Gasteiger partial charge < -0.3 is 0 Å². The summed E-state index contributed by atoms with van der Waals surface area (Å²) in [6.45, 7) is 0. The Morgan fingerprint density at radius 1 is 1.43 bits per heavy atom. The van der Waals surface area contributed by atoms with Crippen LogP contribution in [0.2, 0.25) is 0 Å². The Morgan fingerprint density at radius 3 is 1.43 bits per heavy atom. The van der Waals surface area contributed by atoms with Crippen LogP contribution in [0.15, 0.2) is 0 Å². The monoisotopic (exact) mass is 867 g/mol. The topological polar surface area (TPSA) is 0 Å². The number of hydrogen-bond donors (Lipinski definition) is 0. The summed E-state index contributed by atoms with van der Waals surface area (Å²) in [4.78, 5) is 0. The van der Waals surface area contributed by atoms with Crippen molar-refractivity contribution >= 4 is 5.93 Å². The van der Waals surface area contributed by atoms with E-state index in [1.165, 1.54) is 0 Å². The van der Waals surface area contributed by atoms with Gasteiger partial charge in [-0.1, -0.05) is 0 Å². The van der Waals surface area contributed by atoms with Gasteiger partial charge in [-0.05, 0) is 0 Å². The minimum Gasteiger partial charge on any atom is 0 e. The van der Waals surface area contributed by atoms with Crippen LogP contribution in [0.25, 0.3) is 0 Å². The second kappa shape index (κ2) is 32.2. The summed E-state index contributed by atoms with van der Waals surface area (Å²) in [5, 5.41) is 0. The van der Waals surface area contributed by atoms with Crippen molar-refractivity contribution in [2.24, 2.45) is 0 Å². The second-order valence-electron chi connectivity index (χ2n) is 0.169. The first-order chi connectivity index (χ1) is 1.41. The fourth-order valence-corrected chi connectivity index (χ4v) is 0. The molecule has 0 saturated carbocycles. The van der Waals surface area contributed by atoms with E-state index in [0.29, 0.717) is 0 Å². The van der Waals surface area contributed by atoms with Gasteiger partial charge in [0.25, 0.3) is 0 Å². The third-order valence-corrected chi connectivity index (χ3v) is 0. The van der Waals surface area contributed by atoms with Crippen molar-refractivity contribution in [1.82, 2.24) is 0 Å². The molecule has 0 fully saturated rings. The van der Waals surface area contributed by atoms with Crippen LogP contribution in [0.5, 0.6) is 0 Å². The molecule has 0 rings (SSSR count). The molecule has 7 heteroatoms. The normalized spacial score (nSPS) is 1.86. The Morgan fingerprint density at radius 2 is 1.43 bits per heavy atom. The molecule has 0 aromatic heterocycles. The minimum atomic E-state index is 0. The smallest absolute Gasteiger partial charge is 0 e. The molecule has 0 amide bonds. The van der Waals surface area contributed by atoms with Crippen LogP contribution in [0.3, 0.4) is 0 Å². The first kappa shape index (κ1) is 30.5. The molecule has 0 aromatic carbocycles. The Hall–Kier alpha value is 4.06. The maximum absolute atomic E-state index is 2.33. The van der Waals surface area contributed by atoms with E-state index >= 15 is 0 Å². The van der Waals surface area contributed by atoms with Gasteiger partial charge in [-0.15, -0.1) is 0 Å². The van der Waals surface area contributed by atoms with Crippen molar-refractivity contribution < 1.29 is 114 Å². The van der Waals surface area contributed by atoms with Crippen LogP contribution in [-0.4, -0.2) is 5.93 Å². The molecular formula is H2BCoCrHfPtReTa. The molecule has 0 nitrogen and oxygen atoms in total. The molecule has 0 saturated heterocycles. The molecule has 1 radical (unpaired) electrons. The van der Waals surface area contributed by atoms with E-state index in [0.717, 1.165) is 0 Å². The van der Waals surface area contributed by atoms with Crippen molar-refractivity contribution in [3.05, 3.63) is 0 Å². The minimum absolute atomic E-state index is 0. The second-order valence-corrected chi connectivity index (χ2v) is 11.3. The zero-order valence-corrected chi connectivity index (χ0v) is 17.5. The summed E-state index contributed by atoms with van der Waals surface area (Å²) < 4.78 is 0. The molecule has 0 atom stereocenters. The van der Waals surface area contributed by atoms with Gasteiger partial charge in [-0.25, -0.2) is 0 Å². The van der Waals surface area contributed by atoms with Gasteiger partial charge in [0.15, 0.2) is 0 Å². The molecule has 0 bridgehead atoms. The van der Waals surface area contributed by atoms with Gasteiger partial charge in [0.2, 0.25) is 0 Å². The van der Waals surface area contributed by atoms with Crippen molar-refractivity contribution in [3.8, 4) is 0 Å². The maximum atomic E-state index is 2.33. The standard InChI is InChI=1S/BH2.Co.Cr.Hf.Pt.Re.Ta/h1H2;;;;;;/q+1;;;;;;-1. The predicted octanol–water partition coefficient (Wildman–Crippen LogP) is -0.931. The Kier molecular flexibility index (Phi) is 140. The van der Waals surface area contributed by atoms with E-state index in [4.69, 9.17) is 0 Å². The fraction of sp³-hybridized carbons (Fsp3) is 0. The first-order valence-electron chi connectivity index (χ1n) is 0.616. The average molecular weight is 864 g/mol. The summed E-state index contributed by atoms with van der Waals surface area (Å²) in [6, 6.07) is 0. The molecular weight excluding hydrogens is 862 g/mol. The van der Waals surface area contributed by atoms with Crippen LogP contribution < -0.4 is 0 Å². The Bertz CT molecular complexity index is 19.7. The third kappa shape index (κ3) is 39.6. The summed E-state index contributed by atoms with van der Waals surface area (Å²) in [6.07, 6.45) is 0. The van der Waals surface area contributed by atoms with Gasteiger partial charge in [0.05, 0.1) is 0 Å². The number of rotatable bonds is 0. The van der Waals surface area contributed by atoms with Crippen LogP contribution in [0.4, 0.5) is 0 Å². The molecule has 7 heavy (non-hydrogen) atoms. The molecule has 0 spiro atoms. The average Bonchev–Trinajstić information content (AvgIpc) is 0.918. The van der Waals surface area contributed by atoms with Crippen LogP contribution in [0, 0.1) is 0 Å². The molecule has 0 N–H and O–H groups in total. The summed E-state index contributed by atoms with van der Waals surface area (Å²) in [5.74, 6) is 2.33. The van der Waals surface area contributed by atoms with Crippen molar-refractivity contribution in [1.29, 1.82) is 0 Å². The SMILES string of the molecule is [BH2][Ta][Re].[Co].[Cr].[Hf].[Pt]. The van der Waals surface area contributed by atoms with Crippen LogP contribution >= 0.6 is 0 Å². The Labute approximate surface area is 117 Å². The maximum Gasteiger partial charge on any atom is 0 e. The van der Waals surface area contributed by atoms with Crippen molar-refractivity contribution in [2.45, 2.75) is 0 Å². The third-order valence-electron chi connectivity index (χ3n) is 0. The Balaban J connectivity index is -0.00000000333. The van der Waals surface area contributed by atoms with E-state index in [2.05, 4.69) is 5.93 Å². The molecule has 0 unspecified atom stereocenters. The predicted molar refractivity (Wildman–Crippen MR) is 8.54 cm³/mol.